The first-order chi connectivity index (χ1) is 12.8. The third-order valence-electron chi connectivity index (χ3n) is 8.83. The van der Waals surface area contributed by atoms with Gasteiger partial charge < -0.3 is 10.2 Å². The fraction of sp³-hybridized carbons (Fsp3) is 0.652. The number of fused-ring (bicyclic) bond motifs is 7. The van der Waals surface area contributed by atoms with Gasteiger partial charge in [0, 0.05) is 17.9 Å². The molecular formula is C23H28O4. The van der Waals surface area contributed by atoms with Gasteiger partial charge in [0.1, 0.15) is 0 Å². The SMILES string of the molecule is C=C1C[C@@H]2[C@H](CC[C@@]3(C)[C@H]2[C@H]2C[C@H]2[C@@]3(O)/C=C\C(=O)O)[C@H]2CCC(=O)C=C12. The van der Waals surface area contributed by atoms with Gasteiger partial charge in [-0.25, -0.2) is 4.79 Å². The minimum Gasteiger partial charge on any atom is -0.478 e. The predicted molar refractivity (Wildman–Crippen MR) is 101 cm³/mol. The van der Waals surface area contributed by atoms with Gasteiger partial charge >= 0.3 is 5.97 Å². The van der Waals surface area contributed by atoms with E-state index in [1.54, 1.807) is 6.08 Å². The molecule has 0 bridgehead atoms. The largest absolute Gasteiger partial charge is 0.478 e. The number of carboxylic acids is 1. The first-order valence-corrected chi connectivity index (χ1v) is 10.3. The summed E-state index contributed by atoms with van der Waals surface area (Å²) < 4.78 is 0. The summed E-state index contributed by atoms with van der Waals surface area (Å²) >= 11 is 0. The number of hydrogen-bond donors (Lipinski definition) is 2. The molecule has 4 nitrogen and oxygen atoms in total. The van der Waals surface area contributed by atoms with Crippen molar-refractivity contribution < 1.29 is 19.8 Å². The molecule has 0 heterocycles. The van der Waals surface area contributed by atoms with Crippen LogP contribution in [0.15, 0.2) is 36.0 Å². The molecule has 4 saturated carbocycles. The normalized spacial score (nSPS) is 50.5. The zero-order valence-corrected chi connectivity index (χ0v) is 15.9. The van der Waals surface area contributed by atoms with Crippen LogP contribution < -0.4 is 0 Å². The lowest BCUT2D eigenvalue weighted by Gasteiger charge is -2.57. The number of rotatable bonds is 2. The van der Waals surface area contributed by atoms with Crippen LogP contribution in [0, 0.1) is 40.9 Å². The standard InChI is InChI=1S/C23H28O4/c1-12-9-17-15(14-4-3-13(24)10-16(12)14)5-7-22(2)21(17)18-11-19(18)23(22,27)8-6-20(25)26/h6,8,10,14-15,17-19,21,27H,1,3-5,7,9,11H2,2H3,(H,25,26)/b8-6-/t14-,15-,17-,18+,19-,21-,22+,23+/m1/s1. The van der Waals surface area contributed by atoms with E-state index in [9.17, 15) is 14.7 Å². The van der Waals surface area contributed by atoms with Crippen LogP contribution in [0.3, 0.4) is 0 Å². The fourth-order valence-corrected chi connectivity index (χ4v) is 7.69. The van der Waals surface area contributed by atoms with Gasteiger partial charge in [-0.05, 0) is 85.3 Å². The zero-order chi connectivity index (χ0) is 19.1. The minimum absolute atomic E-state index is 0.194. The van der Waals surface area contributed by atoms with Crippen molar-refractivity contribution in [3.63, 3.8) is 0 Å². The topological polar surface area (TPSA) is 74.6 Å². The van der Waals surface area contributed by atoms with Gasteiger partial charge in [-0.3, -0.25) is 4.79 Å². The van der Waals surface area contributed by atoms with E-state index in [4.69, 9.17) is 5.11 Å². The summed E-state index contributed by atoms with van der Waals surface area (Å²) in [5, 5.41) is 20.7. The molecule has 2 N–H and O–H groups in total. The van der Waals surface area contributed by atoms with Gasteiger partial charge in [0.25, 0.3) is 0 Å². The Kier molecular flexibility index (Phi) is 3.51. The summed E-state index contributed by atoms with van der Waals surface area (Å²) in [5.41, 5.74) is 1.04. The molecule has 0 unspecified atom stereocenters. The van der Waals surface area contributed by atoms with E-state index in [1.165, 1.54) is 5.57 Å². The van der Waals surface area contributed by atoms with Crippen molar-refractivity contribution in [3.8, 4) is 0 Å². The molecule has 4 heteroatoms. The molecule has 5 aliphatic carbocycles. The maximum Gasteiger partial charge on any atom is 0.328 e. The van der Waals surface area contributed by atoms with E-state index in [0.29, 0.717) is 36.0 Å². The molecule has 5 aliphatic rings. The average Bonchev–Trinajstić information content (AvgIpc) is 3.37. The number of ketones is 1. The zero-order valence-electron chi connectivity index (χ0n) is 15.9. The van der Waals surface area contributed by atoms with Gasteiger partial charge in [-0.2, -0.15) is 0 Å². The van der Waals surface area contributed by atoms with Crippen molar-refractivity contribution in [1.29, 1.82) is 0 Å². The van der Waals surface area contributed by atoms with Gasteiger partial charge in [-0.1, -0.05) is 19.1 Å². The number of carboxylic acid groups (broad SMARTS) is 1. The van der Waals surface area contributed by atoms with Gasteiger partial charge in [0.05, 0.1) is 5.60 Å². The first-order valence-electron chi connectivity index (χ1n) is 10.3. The molecule has 4 fully saturated rings. The van der Waals surface area contributed by atoms with Crippen molar-refractivity contribution in [3.05, 3.63) is 36.0 Å². The fourth-order valence-electron chi connectivity index (χ4n) is 7.69. The first kappa shape index (κ1) is 17.4. The minimum atomic E-state index is -1.01. The molecule has 0 radical (unpaired) electrons. The molecule has 0 amide bonds. The molecule has 8 atom stereocenters. The van der Waals surface area contributed by atoms with Crippen LogP contribution in [0.1, 0.15) is 45.4 Å². The van der Waals surface area contributed by atoms with Crippen LogP contribution in [0.5, 0.6) is 0 Å². The average molecular weight is 368 g/mol. The lowest BCUT2D eigenvalue weighted by atomic mass is 9.48. The Hall–Kier alpha value is -1.68. The van der Waals surface area contributed by atoms with E-state index in [2.05, 4.69) is 13.5 Å². The smallest absolute Gasteiger partial charge is 0.328 e. The monoisotopic (exact) mass is 368 g/mol. The van der Waals surface area contributed by atoms with Crippen molar-refractivity contribution in [2.24, 2.45) is 40.9 Å². The van der Waals surface area contributed by atoms with Crippen molar-refractivity contribution in [2.45, 2.75) is 51.0 Å². The highest BCUT2D eigenvalue weighted by atomic mass is 16.4. The highest BCUT2D eigenvalue weighted by molar-refractivity contribution is 5.92. The van der Waals surface area contributed by atoms with Crippen molar-refractivity contribution in [1.82, 2.24) is 0 Å². The summed E-state index contributed by atoms with van der Waals surface area (Å²) in [5.74, 6) is 1.86. The Bertz CT molecular complexity index is 807. The third kappa shape index (κ3) is 2.19. The second-order valence-electron chi connectivity index (χ2n) is 9.83. The molecule has 0 saturated heterocycles. The number of aliphatic carboxylic acids is 1. The molecule has 0 spiro atoms. The maximum atomic E-state index is 11.9. The molecule has 0 aliphatic heterocycles. The van der Waals surface area contributed by atoms with Crippen LogP contribution in [0.25, 0.3) is 0 Å². The van der Waals surface area contributed by atoms with E-state index < -0.39 is 11.6 Å². The van der Waals surface area contributed by atoms with Crippen LogP contribution in [0.4, 0.5) is 0 Å². The summed E-state index contributed by atoms with van der Waals surface area (Å²) in [4.78, 5) is 23.0. The van der Waals surface area contributed by atoms with Crippen LogP contribution >= 0.6 is 0 Å². The molecule has 27 heavy (non-hydrogen) atoms. The van der Waals surface area contributed by atoms with Crippen molar-refractivity contribution in [2.75, 3.05) is 0 Å². The molecular weight excluding hydrogens is 340 g/mol. The van der Waals surface area contributed by atoms with Gasteiger partial charge in [0.2, 0.25) is 0 Å². The molecule has 0 aromatic carbocycles. The highest BCUT2D eigenvalue weighted by Gasteiger charge is 2.75. The molecule has 0 aromatic rings. The second-order valence-corrected chi connectivity index (χ2v) is 9.83. The Balaban J connectivity index is 1.51. The van der Waals surface area contributed by atoms with Crippen LogP contribution in [-0.4, -0.2) is 27.6 Å². The molecule has 144 valence electrons. The number of hydrogen-bond acceptors (Lipinski definition) is 3. The van der Waals surface area contributed by atoms with Crippen molar-refractivity contribution >= 4 is 11.8 Å². The Labute approximate surface area is 160 Å². The summed E-state index contributed by atoms with van der Waals surface area (Å²) in [6, 6.07) is 0. The number of carbonyl (C=O) groups excluding carboxylic acids is 1. The third-order valence-corrected chi connectivity index (χ3v) is 8.83. The Morgan fingerprint density at radius 3 is 2.81 bits per heavy atom. The number of carbonyl (C=O) groups is 2. The summed E-state index contributed by atoms with van der Waals surface area (Å²) in [6.45, 7) is 6.51. The maximum absolute atomic E-state index is 11.9. The van der Waals surface area contributed by atoms with E-state index >= 15 is 0 Å². The second kappa shape index (κ2) is 5.44. The van der Waals surface area contributed by atoms with E-state index in [0.717, 1.165) is 43.8 Å². The Morgan fingerprint density at radius 2 is 2.07 bits per heavy atom. The lowest BCUT2D eigenvalue weighted by Crippen LogP contribution is -2.54. The molecule has 0 aromatic heterocycles. The lowest BCUT2D eigenvalue weighted by molar-refractivity contribution is -0.132. The molecule has 5 rings (SSSR count). The Morgan fingerprint density at radius 1 is 1.30 bits per heavy atom. The predicted octanol–water partition coefficient (Wildman–Crippen LogP) is 3.52. The van der Waals surface area contributed by atoms with Crippen LogP contribution in [-0.2, 0) is 9.59 Å². The highest BCUT2D eigenvalue weighted by Crippen LogP contribution is 2.76. The van der Waals surface area contributed by atoms with E-state index in [-0.39, 0.29) is 17.1 Å². The summed E-state index contributed by atoms with van der Waals surface area (Å²) in [7, 11) is 0. The summed E-state index contributed by atoms with van der Waals surface area (Å²) in [6.07, 6.45) is 10.0. The quantitative estimate of drug-likeness (QED) is 0.731. The number of allylic oxidation sites excluding steroid dienone is 2. The van der Waals surface area contributed by atoms with Gasteiger partial charge in [-0.15, -0.1) is 0 Å². The number of aliphatic hydroxyl groups is 1. The van der Waals surface area contributed by atoms with E-state index in [1.807, 2.05) is 6.08 Å². The van der Waals surface area contributed by atoms with Gasteiger partial charge in [0.15, 0.2) is 5.78 Å². The van der Waals surface area contributed by atoms with Crippen LogP contribution in [0.2, 0.25) is 0 Å².